The van der Waals surface area contributed by atoms with Gasteiger partial charge in [0.2, 0.25) is 0 Å². The van der Waals surface area contributed by atoms with Crippen LogP contribution in [0.3, 0.4) is 0 Å². The first-order valence-electron chi connectivity index (χ1n) is 6.77. The van der Waals surface area contributed by atoms with Gasteiger partial charge in [-0.05, 0) is 31.6 Å². The number of aromatic nitrogens is 2. The van der Waals surface area contributed by atoms with Crippen molar-refractivity contribution in [2.24, 2.45) is 17.7 Å². The van der Waals surface area contributed by atoms with E-state index in [9.17, 15) is 0 Å². The minimum absolute atomic E-state index is 0.132. The summed E-state index contributed by atoms with van der Waals surface area (Å²) in [7, 11) is 1.69. The molecular weight excluding hydrogens is 228 g/mol. The number of nitrogens with two attached hydrogens (primary N) is 1. The van der Waals surface area contributed by atoms with Crippen molar-refractivity contribution < 1.29 is 4.74 Å². The molecule has 1 aliphatic carbocycles. The van der Waals surface area contributed by atoms with Crippen LogP contribution in [0, 0.1) is 11.8 Å². The summed E-state index contributed by atoms with van der Waals surface area (Å²) in [4.78, 5) is 0. The van der Waals surface area contributed by atoms with Crippen LogP contribution in [0.2, 0.25) is 0 Å². The van der Waals surface area contributed by atoms with E-state index in [1.54, 1.807) is 13.3 Å². The second-order valence-electron chi connectivity index (χ2n) is 5.24. The Labute approximate surface area is 109 Å². The molecule has 1 aromatic rings. The predicted octanol–water partition coefficient (Wildman–Crippen LogP) is 1.85. The zero-order chi connectivity index (χ0) is 13.1. The molecule has 0 saturated heterocycles. The maximum atomic E-state index is 5.79. The molecule has 3 atom stereocenters. The van der Waals surface area contributed by atoms with Gasteiger partial charge in [0.25, 0.3) is 0 Å². The zero-order valence-corrected chi connectivity index (χ0v) is 11.5. The van der Waals surface area contributed by atoms with E-state index in [0.717, 1.165) is 23.9 Å². The Morgan fingerprint density at radius 3 is 2.89 bits per heavy atom. The first-order valence-corrected chi connectivity index (χ1v) is 6.77. The SMILES string of the molecule is CCn1ncc(OC)c1C(NN)C1CCC(C)C1. The highest BCUT2D eigenvalue weighted by molar-refractivity contribution is 5.29. The van der Waals surface area contributed by atoms with Crippen molar-refractivity contribution in [1.82, 2.24) is 15.2 Å². The average molecular weight is 252 g/mol. The van der Waals surface area contributed by atoms with Gasteiger partial charge in [-0.1, -0.05) is 13.3 Å². The van der Waals surface area contributed by atoms with Crippen molar-refractivity contribution >= 4 is 0 Å². The Kier molecular flexibility index (Phi) is 4.24. The average Bonchev–Trinajstić information content (AvgIpc) is 2.97. The highest BCUT2D eigenvalue weighted by Gasteiger charge is 2.33. The lowest BCUT2D eigenvalue weighted by atomic mass is 9.94. The van der Waals surface area contributed by atoms with Crippen LogP contribution < -0.4 is 16.0 Å². The number of hydrogen-bond acceptors (Lipinski definition) is 4. The quantitative estimate of drug-likeness (QED) is 0.620. The van der Waals surface area contributed by atoms with Crippen molar-refractivity contribution in [3.63, 3.8) is 0 Å². The third kappa shape index (κ3) is 2.37. The zero-order valence-electron chi connectivity index (χ0n) is 11.5. The molecule has 5 nitrogen and oxygen atoms in total. The molecule has 102 valence electrons. The van der Waals surface area contributed by atoms with Crippen LogP contribution in [0.1, 0.15) is 44.8 Å². The van der Waals surface area contributed by atoms with Crippen LogP contribution in [0.15, 0.2) is 6.20 Å². The number of nitrogens with zero attached hydrogens (tertiary/aromatic N) is 2. The minimum atomic E-state index is 0.132. The van der Waals surface area contributed by atoms with E-state index in [1.807, 2.05) is 4.68 Å². The standard InChI is InChI=1S/C13H24N4O/c1-4-17-13(11(18-3)8-15-17)12(16-14)10-6-5-9(2)7-10/h8-10,12,16H,4-7,14H2,1-3H3. The van der Waals surface area contributed by atoms with Gasteiger partial charge in [-0.2, -0.15) is 5.10 Å². The van der Waals surface area contributed by atoms with E-state index in [0.29, 0.717) is 5.92 Å². The van der Waals surface area contributed by atoms with Crippen molar-refractivity contribution in [3.05, 3.63) is 11.9 Å². The molecule has 0 radical (unpaired) electrons. The summed E-state index contributed by atoms with van der Waals surface area (Å²) in [6.45, 7) is 5.22. The Morgan fingerprint density at radius 2 is 2.39 bits per heavy atom. The molecular formula is C13H24N4O. The number of methoxy groups -OCH3 is 1. The molecule has 18 heavy (non-hydrogen) atoms. The van der Waals surface area contributed by atoms with E-state index in [1.165, 1.54) is 19.3 Å². The van der Waals surface area contributed by atoms with Gasteiger partial charge >= 0.3 is 0 Å². The fraction of sp³-hybridized carbons (Fsp3) is 0.769. The molecule has 3 N–H and O–H groups in total. The largest absolute Gasteiger partial charge is 0.493 e. The molecule has 1 fully saturated rings. The van der Waals surface area contributed by atoms with E-state index < -0.39 is 0 Å². The maximum Gasteiger partial charge on any atom is 0.161 e. The number of nitrogens with one attached hydrogen (secondary N) is 1. The fourth-order valence-corrected chi connectivity index (χ4v) is 3.09. The molecule has 0 amide bonds. The first-order chi connectivity index (χ1) is 8.71. The topological polar surface area (TPSA) is 65.1 Å². The molecule has 0 aliphatic heterocycles. The van der Waals surface area contributed by atoms with Crippen molar-refractivity contribution in [2.75, 3.05) is 7.11 Å². The lowest BCUT2D eigenvalue weighted by molar-refractivity contribution is 0.325. The van der Waals surface area contributed by atoms with Gasteiger partial charge in [-0.15, -0.1) is 0 Å². The van der Waals surface area contributed by atoms with Crippen LogP contribution in [-0.4, -0.2) is 16.9 Å². The van der Waals surface area contributed by atoms with Gasteiger partial charge in [0.15, 0.2) is 5.75 Å². The molecule has 5 heteroatoms. The van der Waals surface area contributed by atoms with Crippen LogP contribution in [-0.2, 0) is 6.54 Å². The molecule has 1 aromatic heterocycles. The molecule has 0 aromatic carbocycles. The first kappa shape index (κ1) is 13.4. The summed E-state index contributed by atoms with van der Waals surface area (Å²) in [6.07, 6.45) is 5.49. The molecule has 0 bridgehead atoms. The van der Waals surface area contributed by atoms with E-state index in [2.05, 4.69) is 24.4 Å². The second-order valence-corrected chi connectivity index (χ2v) is 5.24. The molecule has 1 heterocycles. The number of ether oxygens (including phenoxy) is 1. The van der Waals surface area contributed by atoms with E-state index in [4.69, 9.17) is 10.6 Å². The molecule has 3 unspecified atom stereocenters. The molecule has 2 rings (SSSR count). The smallest absolute Gasteiger partial charge is 0.161 e. The summed E-state index contributed by atoms with van der Waals surface area (Å²) in [6, 6.07) is 0.132. The summed E-state index contributed by atoms with van der Waals surface area (Å²) >= 11 is 0. The van der Waals surface area contributed by atoms with Crippen LogP contribution in [0.5, 0.6) is 5.75 Å². The van der Waals surface area contributed by atoms with Gasteiger partial charge < -0.3 is 4.74 Å². The van der Waals surface area contributed by atoms with Crippen LogP contribution in [0.4, 0.5) is 0 Å². The highest BCUT2D eigenvalue weighted by atomic mass is 16.5. The minimum Gasteiger partial charge on any atom is -0.493 e. The number of rotatable bonds is 5. The summed E-state index contributed by atoms with van der Waals surface area (Å²) < 4.78 is 7.40. The number of hydrogen-bond donors (Lipinski definition) is 2. The monoisotopic (exact) mass is 252 g/mol. The lowest BCUT2D eigenvalue weighted by Gasteiger charge is -2.24. The maximum absolute atomic E-state index is 5.79. The Morgan fingerprint density at radius 1 is 1.61 bits per heavy atom. The number of aryl methyl sites for hydroxylation is 1. The highest BCUT2D eigenvalue weighted by Crippen LogP contribution is 2.40. The lowest BCUT2D eigenvalue weighted by Crippen LogP contribution is -2.34. The van der Waals surface area contributed by atoms with Crippen molar-refractivity contribution in [3.8, 4) is 5.75 Å². The Hall–Kier alpha value is -1.07. The molecule has 1 saturated carbocycles. The molecule has 0 spiro atoms. The number of hydrazine groups is 1. The third-order valence-electron chi connectivity index (χ3n) is 4.05. The fourth-order valence-electron chi connectivity index (χ4n) is 3.09. The van der Waals surface area contributed by atoms with Gasteiger partial charge in [0.05, 0.1) is 25.0 Å². The van der Waals surface area contributed by atoms with E-state index in [-0.39, 0.29) is 6.04 Å². The molecule has 1 aliphatic rings. The summed E-state index contributed by atoms with van der Waals surface area (Å²) in [5, 5.41) is 4.36. The van der Waals surface area contributed by atoms with Gasteiger partial charge in [0, 0.05) is 6.54 Å². The van der Waals surface area contributed by atoms with Gasteiger partial charge in [-0.3, -0.25) is 16.0 Å². The Bertz CT molecular complexity index is 369. The van der Waals surface area contributed by atoms with Crippen molar-refractivity contribution in [1.29, 1.82) is 0 Å². The van der Waals surface area contributed by atoms with Gasteiger partial charge in [0.1, 0.15) is 0 Å². The van der Waals surface area contributed by atoms with E-state index >= 15 is 0 Å². The van der Waals surface area contributed by atoms with Crippen molar-refractivity contribution in [2.45, 2.75) is 45.7 Å². The van der Waals surface area contributed by atoms with Crippen LogP contribution in [0.25, 0.3) is 0 Å². The predicted molar refractivity (Wildman–Crippen MR) is 71.0 cm³/mol. The third-order valence-corrected chi connectivity index (χ3v) is 4.05. The summed E-state index contributed by atoms with van der Waals surface area (Å²) in [5.74, 6) is 7.98. The normalized spacial score (nSPS) is 25.3. The van der Waals surface area contributed by atoms with Crippen LogP contribution >= 0.6 is 0 Å². The second kappa shape index (κ2) is 5.71. The summed E-state index contributed by atoms with van der Waals surface area (Å²) in [5.41, 5.74) is 4.06. The van der Waals surface area contributed by atoms with Gasteiger partial charge in [-0.25, -0.2) is 0 Å². The Balaban J connectivity index is 2.28.